The molecule has 10 rings (SSSR count). The molecule has 286 valence electrons. The van der Waals surface area contributed by atoms with Crippen molar-refractivity contribution in [2.75, 3.05) is 41.0 Å². The zero-order valence-electron chi connectivity index (χ0n) is 33.2. The Bertz CT molecular complexity index is 2220. The van der Waals surface area contributed by atoms with Gasteiger partial charge in [-0.3, -0.25) is 14.6 Å². The molecule has 10 atom stereocenters. The van der Waals surface area contributed by atoms with Crippen LogP contribution in [0.25, 0.3) is 21.8 Å². The van der Waals surface area contributed by atoms with Gasteiger partial charge in [0.05, 0.1) is 44.2 Å². The van der Waals surface area contributed by atoms with E-state index in [-0.39, 0.29) is 23.7 Å². The van der Waals surface area contributed by atoms with Crippen LogP contribution in [0, 0.1) is 29.6 Å². The number of nitrogens with zero attached hydrogens (tertiary/aromatic N) is 4. The number of hydrogen-bond acceptors (Lipinski definition) is 7. The molecule has 0 amide bonds. The Hall–Kier alpha value is -3.63. The summed E-state index contributed by atoms with van der Waals surface area (Å²) in [5.74, 6) is 1.89. The maximum absolute atomic E-state index is 12.7. The lowest BCUT2D eigenvalue weighted by Crippen LogP contribution is -2.62. The predicted molar refractivity (Wildman–Crippen MR) is 209 cm³/mol. The highest BCUT2D eigenvalue weighted by atomic mass is 16.7. The summed E-state index contributed by atoms with van der Waals surface area (Å²) in [6, 6.07) is 15.0. The molecule has 2 aromatic carbocycles. The van der Waals surface area contributed by atoms with Crippen LogP contribution in [-0.2, 0) is 52.4 Å². The minimum atomic E-state index is -0.699. The summed E-state index contributed by atoms with van der Waals surface area (Å²) in [6.07, 6.45) is 6.57. The molecule has 3 saturated heterocycles. The van der Waals surface area contributed by atoms with Gasteiger partial charge in [-0.15, -0.1) is 0 Å². The number of aromatic nitrogens is 2. The first-order valence-electron chi connectivity index (χ1n) is 20.3. The quantitative estimate of drug-likeness (QED) is 0.214. The average Bonchev–Trinajstić information content (AvgIpc) is 3.58. The van der Waals surface area contributed by atoms with Crippen LogP contribution in [0.5, 0.6) is 5.75 Å². The molecule has 0 radical (unpaired) electrons. The van der Waals surface area contributed by atoms with E-state index in [0.29, 0.717) is 55.7 Å². The van der Waals surface area contributed by atoms with Gasteiger partial charge in [0.25, 0.3) is 0 Å². The number of ketones is 1. The van der Waals surface area contributed by atoms with E-state index in [1.54, 1.807) is 13.2 Å². The predicted octanol–water partition coefficient (Wildman–Crippen LogP) is 6.89. The summed E-state index contributed by atoms with van der Waals surface area (Å²) in [4.78, 5) is 18.0. The summed E-state index contributed by atoms with van der Waals surface area (Å²) < 4.78 is 30.7. The number of Topliss-reactive ketones (excluding diaryl/α,β-unsaturated/α-hetero) is 1. The van der Waals surface area contributed by atoms with Crippen molar-refractivity contribution in [1.29, 1.82) is 0 Å². The molecule has 0 spiro atoms. The number of hydrogen-bond donors (Lipinski definition) is 0. The molecule has 4 aromatic rings. The van der Waals surface area contributed by atoms with Crippen molar-refractivity contribution in [3.63, 3.8) is 0 Å². The normalized spacial score (nSPS) is 34.4. The van der Waals surface area contributed by atoms with Crippen LogP contribution in [0.4, 0.5) is 0 Å². The Morgan fingerprint density at radius 1 is 0.870 bits per heavy atom. The number of methoxy groups -OCH3 is 1. The number of ether oxygens (including phenoxy) is 4. The van der Waals surface area contributed by atoms with E-state index < -0.39 is 5.79 Å². The summed E-state index contributed by atoms with van der Waals surface area (Å²) in [5, 5.41) is 2.74. The van der Waals surface area contributed by atoms with Crippen molar-refractivity contribution in [3.05, 3.63) is 76.3 Å². The molecule has 0 aliphatic carbocycles. The minimum Gasteiger partial charge on any atom is -0.500 e. The standard InChI is InChI=1S/C45H56N4O5/c1-9-53-45(3)35(28-17-41-43-30(18-38(47(41)5)34(28)23-54-45)26-12-10-11-13-36(26)48(43)6)15-25-14-29-31-19-37-33-22-52-21-32(24(2)50)27(33)16-40(46(37)4)44(31)49(7)39(29)20-42(25)51-8/h10-14,20-21,27-28,33-35,37-38,40-41H,9,15-19,22-23H2,1-8H3/t27-,28+,33+,34+,35?,37-,38-,40-,41-,45+/m0/s1. The van der Waals surface area contributed by atoms with Gasteiger partial charge in [0.15, 0.2) is 11.6 Å². The molecule has 1 unspecified atom stereocenters. The number of carbonyl (C=O) groups excluding carboxylic acids is 1. The van der Waals surface area contributed by atoms with E-state index in [2.05, 4.69) is 97.4 Å². The number of benzene rings is 2. The van der Waals surface area contributed by atoms with Crippen molar-refractivity contribution in [1.82, 2.24) is 18.9 Å². The second kappa shape index (κ2) is 12.4. The Morgan fingerprint density at radius 3 is 2.28 bits per heavy atom. The maximum Gasteiger partial charge on any atom is 0.168 e. The molecule has 2 aromatic heterocycles. The molecule has 8 heterocycles. The molecular formula is C45H56N4O5. The van der Waals surface area contributed by atoms with Crippen LogP contribution >= 0.6 is 0 Å². The van der Waals surface area contributed by atoms with Gasteiger partial charge in [0.1, 0.15) is 5.75 Å². The van der Waals surface area contributed by atoms with Crippen molar-refractivity contribution in [3.8, 4) is 5.75 Å². The van der Waals surface area contributed by atoms with E-state index in [1.807, 2.05) is 7.11 Å². The first kappa shape index (κ1) is 34.8. The zero-order chi connectivity index (χ0) is 37.4. The number of piperidine rings is 2. The molecule has 4 bridgehead atoms. The fourth-order valence-corrected chi connectivity index (χ4v) is 12.9. The number of likely N-dealkylation sites (N-methyl/N-ethyl adjacent to an activating group) is 2. The molecular weight excluding hydrogens is 677 g/mol. The molecule has 9 nitrogen and oxygen atoms in total. The van der Waals surface area contributed by atoms with Crippen molar-refractivity contribution in [2.45, 2.75) is 82.8 Å². The average molecular weight is 733 g/mol. The Kier molecular flexibility index (Phi) is 8.02. The molecule has 0 N–H and O–H groups in total. The van der Waals surface area contributed by atoms with E-state index in [4.69, 9.17) is 18.9 Å². The number of aryl methyl sites for hydroxylation is 2. The number of fused-ring (bicyclic) bond motifs is 16. The van der Waals surface area contributed by atoms with Crippen molar-refractivity contribution >= 4 is 27.6 Å². The third kappa shape index (κ3) is 4.74. The Balaban J connectivity index is 1.05. The Morgan fingerprint density at radius 2 is 1.56 bits per heavy atom. The van der Waals surface area contributed by atoms with E-state index in [0.717, 1.165) is 43.4 Å². The van der Waals surface area contributed by atoms with Gasteiger partial charge in [-0.1, -0.05) is 18.2 Å². The number of rotatable bonds is 6. The second-order valence-electron chi connectivity index (χ2n) is 17.6. The lowest BCUT2D eigenvalue weighted by molar-refractivity contribution is -0.309. The van der Waals surface area contributed by atoms with Crippen LogP contribution in [0.1, 0.15) is 73.8 Å². The van der Waals surface area contributed by atoms with Crippen molar-refractivity contribution in [2.24, 2.45) is 43.7 Å². The van der Waals surface area contributed by atoms with Gasteiger partial charge < -0.3 is 28.1 Å². The zero-order valence-corrected chi connectivity index (χ0v) is 33.2. The topological polar surface area (TPSA) is 70.3 Å². The molecule has 9 heteroatoms. The van der Waals surface area contributed by atoms with Gasteiger partial charge in [-0.2, -0.15) is 0 Å². The molecule has 6 aliphatic heterocycles. The smallest absolute Gasteiger partial charge is 0.168 e. The SMILES string of the molecule is CCO[C@]1(C)OC[C@@H]2[C@@H](C[C@H]3c4c(c5ccccc5n4C)C[C@@H]2N3C)C1Cc1cc2c3c(n(C)c2cc1OC)[C@@H]1C[C@H]2C(C(C)=O)=COC[C@H]2[C@H](C3)N1C. The van der Waals surface area contributed by atoms with Crippen LogP contribution in [0.3, 0.4) is 0 Å². The van der Waals surface area contributed by atoms with E-state index in [1.165, 1.54) is 49.9 Å². The minimum absolute atomic E-state index is 0.137. The van der Waals surface area contributed by atoms with Crippen molar-refractivity contribution < 1.29 is 23.7 Å². The van der Waals surface area contributed by atoms with Crippen LogP contribution in [-0.4, -0.2) is 83.6 Å². The van der Waals surface area contributed by atoms with Gasteiger partial charge in [0, 0.05) is 89.9 Å². The highest BCUT2D eigenvalue weighted by Crippen LogP contribution is 2.56. The lowest BCUT2D eigenvalue weighted by atomic mass is 9.62. The second-order valence-corrected chi connectivity index (χ2v) is 17.6. The van der Waals surface area contributed by atoms with E-state index >= 15 is 0 Å². The van der Waals surface area contributed by atoms with Gasteiger partial charge in [-0.05, 0) is 108 Å². The van der Waals surface area contributed by atoms with Crippen LogP contribution in [0.2, 0.25) is 0 Å². The third-order valence-electron chi connectivity index (χ3n) is 15.5. The molecule has 3 fully saturated rings. The molecule has 54 heavy (non-hydrogen) atoms. The monoisotopic (exact) mass is 732 g/mol. The highest BCUT2D eigenvalue weighted by molar-refractivity contribution is 5.94. The van der Waals surface area contributed by atoms with Gasteiger partial charge in [0.2, 0.25) is 0 Å². The number of carbonyl (C=O) groups is 1. The highest BCUT2D eigenvalue weighted by Gasteiger charge is 2.57. The fraction of sp³-hybridized carbons (Fsp3) is 0.578. The van der Waals surface area contributed by atoms with Crippen LogP contribution in [0.15, 0.2) is 48.2 Å². The lowest BCUT2D eigenvalue weighted by Gasteiger charge is -2.58. The van der Waals surface area contributed by atoms with Crippen LogP contribution < -0.4 is 4.74 Å². The fourth-order valence-electron chi connectivity index (χ4n) is 12.9. The first-order chi connectivity index (χ1) is 26.0. The van der Waals surface area contributed by atoms with Gasteiger partial charge in [-0.25, -0.2) is 0 Å². The maximum atomic E-state index is 12.7. The van der Waals surface area contributed by atoms with E-state index in [9.17, 15) is 4.79 Å². The third-order valence-corrected chi connectivity index (χ3v) is 15.5. The summed E-state index contributed by atoms with van der Waals surface area (Å²) in [7, 11) is 10.9. The summed E-state index contributed by atoms with van der Waals surface area (Å²) >= 11 is 0. The molecule has 6 aliphatic rings. The summed E-state index contributed by atoms with van der Waals surface area (Å²) in [6.45, 7) is 7.97. The largest absolute Gasteiger partial charge is 0.500 e. The number of para-hydroxylation sites is 1. The molecule has 0 saturated carbocycles. The van der Waals surface area contributed by atoms with Gasteiger partial charge >= 0.3 is 0 Å². The first-order valence-corrected chi connectivity index (χ1v) is 20.3. The number of allylic oxidation sites excluding steroid dienone is 1. The summed E-state index contributed by atoms with van der Waals surface area (Å²) in [5.41, 5.74) is 10.5. The Labute approximate surface area is 319 Å².